The number of carbonyl (C=O) groups excluding carboxylic acids is 1. The lowest BCUT2D eigenvalue weighted by atomic mass is 10.1. The number of carbonyl (C=O) groups is 1. The van der Waals surface area contributed by atoms with Crippen LogP contribution in [-0.4, -0.2) is 19.3 Å². The summed E-state index contributed by atoms with van der Waals surface area (Å²) in [5.74, 6) is -0.542. The van der Waals surface area contributed by atoms with Crippen molar-refractivity contribution in [1.29, 1.82) is 0 Å². The zero-order chi connectivity index (χ0) is 22.8. The highest BCUT2D eigenvalue weighted by Crippen LogP contribution is 2.35. The molecule has 31 heavy (non-hydrogen) atoms. The van der Waals surface area contributed by atoms with Crippen molar-refractivity contribution < 1.29 is 26.4 Å². The molecule has 3 rings (SSSR count). The van der Waals surface area contributed by atoms with Gasteiger partial charge in [0, 0.05) is 12.1 Å². The normalized spacial score (nSPS) is 11.9. The molecule has 164 valence electrons. The van der Waals surface area contributed by atoms with Crippen molar-refractivity contribution in [3.8, 4) is 0 Å². The van der Waals surface area contributed by atoms with Crippen molar-refractivity contribution in [3.63, 3.8) is 0 Å². The highest BCUT2D eigenvalue weighted by molar-refractivity contribution is 7.93. The number of nitrogens with one attached hydrogen (secondary N) is 2. The van der Waals surface area contributed by atoms with Crippen LogP contribution in [0, 0.1) is 0 Å². The van der Waals surface area contributed by atoms with E-state index in [1.54, 1.807) is 0 Å². The maximum atomic E-state index is 12.7. The molecule has 2 N–H and O–H groups in total. The fourth-order valence-corrected chi connectivity index (χ4v) is 4.81. The van der Waals surface area contributed by atoms with Gasteiger partial charge in [-0.1, -0.05) is 40.6 Å². The first-order valence-corrected chi connectivity index (χ1v) is 11.4. The van der Waals surface area contributed by atoms with Crippen LogP contribution in [0.3, 0.4) is 0 Å². The Morgan fingerprint density at radius 2 is 1.77 bits per heavy atom. The summed E-state index contributed by atoms with van der Waals surface area (Å²) in [6.07, 6.45) is -3.26. The van der Waals surface area contributed by atoms with Crippen LogP contribution in [0.2, 0.25) is 9.36 Å². The first-order valence-electron chi connectivity index (χ1n) is 8.34. The molecule has 0 unspecified atom stereocenters. The number of aromatic nitrogens is 1. The number of sulfonamides is 1. The van der Waals surface area contributed by atoms with Crippen LogP contribution >= 0.6 is 34.5 Å². The Morgan fingerprint density at radius 3 is 2.32 bits per heavy atom. The molecule has 0 fully saturated rings. The predicted molar refractivity (Wildman–Crippen MR) is 112 cm³/mol. The zero-order valence-corrected chi connectivity index (χ0v) is 18.3. The summed E-state index contributed by atoms with van der Waals surface area (Å²) in [6, 6.07) is 8.25. The van der Waals surface area contributed by atoms with E-state index in [0.717, 1.165) is 23.5 Å². The van der Waals surface area contributed by atoms with Crippen molar-refractivity contribution in [2.24, 2.45) is 0 Å². The molecule has 0 atom stereocenters. The van der Waals surface area contributed by atoms with Crippen LogP contribution in [0.5, 0.6) is 0 Å². The Morgan fingerprint density at radius 1 is 1.10 bits per heavy atom. The number of alkyl halides is 3. The van der Waals surface area contributed by atoms with E-state index in [0.29, 0.717) is 9.90 Å². The standard InChI is InChI=1S/C18H12Cl2F3N3O3S2/c19-14-7-10(1-6-13(14)18(21,22)23)8-24-16(27)11-2-4-12(5-3-11)31(28,29)26-17-25-9-15(20)30-17/h1-7,9H,8H2,(H,24,27)(H,25,26). The number of anilines is 1. The van der Waals surface area contributed by atoms with Crippen LogP contribution in [0.15, 0.2) is 53.6 Å². The summed E-state index contributed by atoms with van der Waals surface area (Å²) in [4.78, 5) is 16.0. The lowest BCUT2D eigenvalue weighted by Gasteiger charge is -2.11. The van der Waals surface area contributed by atoms with Gasteiger partial charge in [-0.05, 0) is 42.0 Å². The molecule has 0 radical (unpaired) electrons. The topological polar surface area (TPSA) is 88.2 Å². The first kappa shape index (κ1) is 23.3. The molecule has 1 amide bonds. The molecule has 13 heteroatoms. The molecular formula is C18H12Cl2F3N3O3S2. The second-order valence-corrected chi connectivity index (χ2v) is 9.85. The minimum absolute atomic E-state index is 0.0664. The summed E-state index contributed by atoms with van der Waals surface area (Å²) in [6.45, 7) is -0.0664. The second-order valence-electron chi connectivity index (χ2n) is 6.09. The van der Waals surface area contributed by atoms with Gasteiger partial charge in [-0.3, -0.25) is 9.52 Å². The number of hydrogen-bond donors (Lipinski definition) is 2. The number of benzene rings is 2. The van der Waals surface area contributed by atoms with E-state index in [2.05, 4.69) is 15.0 Å². The largest absolute Gasteiger partial charge is 0.417 e. The summed E-state index contributed by atoms with van der Waals surface area (Å²) >= 11 is 12.3. The van der Waals surface area contributed by atoms with Crippen molar-refractivity contribution in [2.75, 3.05) is 4.72 Å². The van der Waals surface area contributed by atoms with Crippen LogP contribution in [0.25, 0.3) is 0 Å². The van der Waals surface area contributed by atoms with E-state index in [1.807, 2.05) is 0 Å². The molecule has 0 aliphatic rings. The first-order chi connectivity index (χ1) is 14.5. The Hall–Kier alpha value is -2.34. The molecule has 0 saturated carbocycles. The molecule has 0 aliphatic carbocycles. The third-order valence-electron chi connectivity index (χ3n) is 3.92. The monoisotopic (exact) mass is 509 g/mol. The van der Waals surface area contributed by atoms with Gasteiger partial charge in [-0.15, -0.1) is 0 Å². The Balaban J connectivity index is 1.65. The third-order valence-corrected chi connectivity index (χ3v) is 6.74. The zero-order valence-electron chi connectivity index (χ0n) is 15.2. The third kappa shape index (κ3) is 5.88. The lowest BCUT2D eigenvalue weighted by molar-refractivity contribution is -0.137. The Labute approximate surface area is 189 Å². The van der Waals surface area contributed by atoms with Crippen LogP contribution in [-0.2, 0) is 22.7 Å². The van der Waals surface area contributed by atoms with Gasteiger partial charge in [-0.25, -0.2) is 13.4 Å². The number of nitrogens with zero attached hydrogens (tertiary/aromatic N) is 1. The summed E-state index contributed by atoms with van der Waals surface area (Å²) in [7, 11) is -3.92. The fraction of sp³-hybridized carbons (Fsp3) is 0.111. The van der Waals surface area contributed by atoms with E-state index in [9.17, 15) is 26.4 Å². The molecule has 1 heterocycles. The maximum Gasteiger partial charge on any atom is 0.417 e. The summed E-state index contributed by atoms with van der Waals surface area (Å²) < 4.78 is 65.5. The molecular weight excluding hydrogens is 498 g/mol. The number of halogens is 5. The number of amides is 1. The molecule has 0 saturated heterocycles. The maximum absolute atomic E-state index is 12.7. The smallest absolute Gasteiger partial charge is 0.348 e. The highest BCUT2D eigenvalue weighted by Gasteiger charge is 2.33. The van der Waals surface area contributed by atoms with E-state index in [4.69, 9.17) is 23.2 Å². The van der Waals surface area contributed by atoms with Gasteiger partial charge < -0.3 is 5.32 Å². The van der Waals surface area contributed by atoms with E-state index in [1.165, 1.54) is 36.5 Å². The number of thiazole rings is 1. The number of rotatable bonds is 6. The van der Waals surface area contributed by atoms with Gasteiger partial charge in [0.1, 0.15) is 4.34 Å². The minimum atomic E-state index is -4.57. The van der Waals surface area contributed by atoms with Gasteiger partial charge >= 0.3 is 6.18 Å². The van der Waals surface area contributed by atoms with Gasteiger partial charge in [0.25, 0.3) is 15.9 Å². The van der Waals surface area contributed by atoms with Crippen molar-refractivity contribution in [1.82, 2.24) is 10.3 Å². The van der Waals surface area contributed by atoms with E-state index in [-0.39, 0.29) is 22.1 Å². The molecule has 3 aromatic rings. The molecule has 0 bridgehead atoms. The summed E-state index contributed by atoms with van der Waals surface area (Å²) in [5.41, 5.74) is -0.430. The fourth-order valence-electron chi connectivity index (χ4n) is 2.44. The molecule has 6 nitrogen and oxygen atoms in total. The van der Waals surface area contributed by atoms with Gasteiger partial charge in [-0.2, -0.15) is 13.2 Å². The van der Waals surface area contributed by atoms with Crippen molar-refractivity contribution in [2.45, 2.75) is 17.6 Å². The SMILES string of the molecule is O=C(NCc1ccc(C(F)(F)F)c(Cl)c1)c1ccc(S(=O)(=O)Nc2ncc(Cl)s2)cc1. The summed E-state index contributed by atoms with van der Waals surface area (Å²) in [5, 5.41) is 2.16. The van der Waals surface area contributed by atoms with Crippen LogP contribution < -0.4 is 10.0 Å². The predicted octanol–water partition coefficient (Wildman–Crippen LogP) is 5.20. The Bertz CT molecular complexity index is 1210. The van der Waals surface area contributed by atoms with Crippen LogP contribution in [0.1, 0.15) is 21.5 Å². The molecule has 0 spiro atoms. The van der Waals surface area contributed by atoms with Gasteiger partial charge in [0.05, 0.1) is 21.7 Å². The highest BCUT2D eigenvalue weighted by atomic mass is 35.5. The molecule has 2 aromatic carbocycles. The van der Waals surface area contributed by atoms with E-state index < -0.39 is 32.7 Å². The Kier molecular flexibility index (Phi) is 6.79. The quantitative estimate of drug-likeness (QED) is 0.477. The minimum Gasteiger partial charge on any atom is -0.348 e. The average molecular weight is 510 g/mol. The lowest BCUT2D eigenvalue weighted by Crippen LogP contribution is -2.23. The molecule has 0 aliphatic heterocycles. The van der Waals surface area contributed by atoms with Gasteiger partial charge in [0.2, 0.25) is 0 Å². The van der Waals surface area contributed by atoms with Crippen molar-refractivity contribution in [3.05, 3.63) is 74.7 Å². The average Bonchev–Trinajstić information content (AvgIpc) is 3.09. The second kappa shape index (κ2) is 9.03. The van der Waals surface area contributed by atoms with Crippen LogP contribution in [0.4, 0.5) is 18.3 Å². The number of hydrogen-bond acceptors (Lipinski definition) is 5. The van der Waals surface area contributed by atoms with Crippen molar-refractivity contribution >= 4 is 55.6 Å². The molecule has 1 aromatic heterocycles. The van der Waals surface area contributed by atoms with Gasteiger partial charge in [0.15, 0.2) is 5.13 Å². The van der Waals surface area contributed by atoms with E-state index >= 15 is 0 Å².